The van der Waals surface area contributed by atoms with E-state index >= 15 is 0 Å². The van der Waals surface area contributed by atoms with Crippen LogP contribution < -0.4 is 5.32 Å². The number of hydrogen-bond donors (Lipinski definition) is 9. The van der Waals surface area contributed by atoms with Crippen molar-refractivity contribution in [3.8, 4) is 0 Å². The summed E-state index contributed by atoms with van der Waals surface area (Å²) in [5.74, 6) is -0.292. The van der Waals surface area contributed by atoms with Gasteiger partial charge in [0.2, 0.25) is 5.91 Å². The lowest BCUT2D eigenvalue weighted by atomic mass is 9.97. The van der Waals surface area contributed by atoms with Crippen molar-refractivity contribution >= 4 is 5.91 Å². The molecule has 12 unspecified atom stereocenters. The lowest BCUT2D eigenvalue weighted by Gasteiger charge is -2.46. The summed E-state index contributed by atoms with van der Waals surface area (Å²) in [7, 11) is 0. The van der Waals surface area contributed by atoms with Gasteiger partial charge in [-0.25, -0.2) is 0 Å². The summed E-state index contributed by atoms with van der Waals surface area (Å²) in [4.78, 5) is 13.0. The second kappa shape index (κ2) is 39.1. The van der Waals surface area contributed by atoms with E-state index in [1.165, 1.54) is 0 Å². The number of nitrogens with one attached hydrogen (secondary N) is 1. The van der Waals surface area contributed by atoms with E-state index in [9.17, 15) is 45.6 Å². The van der Waals surface area contributed by atoms with Crippen LogP contribution in [-0.4, -0.2) is 140 Å². The first-order valence-corrected chi connectivity index (χ1v) is 24.8. The third-order valence-corrected chi connectivity index (χ3v) is 11.1. The van der Waals surface area contributed by atoms with Crippen molar-refractivity contribution in [1.29, 1.82) is 0 Å². The molecule has 0 aromatic carbocycles. The van der Waals surface area contributed by atoms with Crippen LogP contribution in [0.25, 0.3) is 0 Å². The highest BCUT2D eigenvalue weighted by atomic mass is 16.7. The fourth-order valence-corrected chi connectivity index (χ4v) is 7.11. The number of carbonyl (C=O) groups is 1. The van der Waals surface area contributed by atoms with E-state index in [-0.39, 0.29) is 18.9 Å². The van der Waals surface area contributed by atoms with Gasteiger partial charge in [-0.2, -0.15) is 0 Å². The maximum Gasteiger partial charge on any atom is 0.220 e. The molecular weight excluding hydrogens is 871 g/mol. The van der Waals surface area contributed by atoms with Crippen LogP contribution in [0, 0.1) is 0 Å². The first kappa shape index (κ1) is 60.5. The molecular formula is C54H85NO13. The van der Waals surface area contributed by atoms with Gasteiger partial charge in [0.25, 0.3) is 0 Å². The van der Waals surface area contributed by atoms with Crippen molar-refractivity contribution < 1.29 is 64.6 Å². The molecule has 0 bridgehead atoms. The molecule has 14 heteroatoms. The highest BCUT2D eigenvalue weighted by Gasteiger charge is 2.51. The van der Waals surface area contributed by atoms with Crippen LogP contribution in [0.2, 0.25) is 0 Å². The Balaban J connectivity index is 1.64. The van der Waals surface area contributed by atoms with Crippen LogP contribution in [0.1, 0.15) is 117 Å². The van der Waals surface area contributed by atoms with Gasteiger partial charge in [0.1, 0.15) is 48.8 Å². The molecule has 14 nitrogen and oxygen atoms in total. The van der Waals surface area contributed by atoms with Gasteiger partial charge in [-0.1, -0.05) is 148 Å². The molecule has 0 spiro atoms. The zero-order valence-electron chi connectivity index (χ0n) is 40.5. The third-order valence-electron chi connectivity index (χ3n) is 11.1. The molecule has 384 valence electrons. The molecule has 0 aromatic rings. The Kier molecular flexibility index (Phi) is 34.8. The zero-order valence-corrected chi connectivity index (χ0v) is 40.5. The normalized spacial score (nSPS) is 27.4. The summed E-state index contributed by atoms with van der Waals surface area (Å²) >= 11 is 0. The monoisotopic (exact) mass is 956 g/mol. The van der Waals surface area contributed by atoms with Crippen LogP contribution in [0.15, 0.2) is 122 Å². The first-order chi connectivity index (χ1) is 33.1. The van der Waals surface area contributed by atoms with Crippen molar-refractivity contribution in [1.82, 2.24) is 5.32 Å². The number of amides is 1. The number of aliphatic hydroxyl groups excluding tert-OH is 8. The molecule has 2 heterocycles. The third kappa shape index (κ3) is 25.8. The van der Waals surface area contributed by atoms with Crippen LogP contribution in [0.3, 0.4) is 0 Å². The van der Waals surface area contributed by atoms with E-state index < -0.39 is 86.8 Å². The van der Waals surface area contributed by atoms with Crippen LogP contribution in [0.5, 0.6) is 0 Å². The van der Waals surface area contributed by atoms with E-state index in [1.54, 1.807) is 12.2 Å². The number of ether oxygens (including phenoxy) is 4. The second-order valence-corrected chi connectivity index (χ2v) is 16.9. The lowest BCUT2D eigenvalue weighted by molar-refractivity contribution is -0.359. The summed E-state index contributed by atoms with van der Waals surface area (Å²) < 4.78 is 22.4. The van der Waals surface area contributed by atoms with Gasteiger partial charge in [0.05, 0.1) is 32.0 Å². The predicted molar refractivity (Wildman–Crippen MR) is 267 cm³/mol. The van der Waals surface area contributed by atoms with Crippen LogP contribution >= 0.6 is 0 Å². The minimum atomic E-state index is -1.79. The van der Waals surface area contributed by atoms with Crippen LogP contribution in [-0.2, 0) is 23.7 Å². The van der Waals surface area contributed by atoms with Gasteiger partial charge in [-0.15, -0.1) is 0 Å². The molecule has 0 saturated carbocycles. The minimum absolute atomic E-state index is 0.229. The Morgan fingerprint density at radius 1 is 0.544 bits per heavy atom. The van der Waals surface area contributed by atoms with E-state index in [4.69, 9.17) is 18.9 Å². The number of carbonyl (C=O) groups excluding carboxylic acids is 1. The Morgan fingerprint density at radius 2 is 1.01 bits per heavy atom. The van der Waals surface area contributed by atoms with Crippen molar-refractivity contribution in [2.75, 3.05) is 19.8 Å². The predicted octanol–water partition coefficient (Wildman–Crippen LogP) is 6.32. The average Bonchev–Trinajstić information content (AvgIpc) is 3.33. The van der Waals surface area contributed by atoms with Crippen molar-refractivity contribution in [3.05, 3.63) is 122 Å². The fraction of sp³-hybridized carbons (Fsp3) is 0.611. The second-order valence-electron chi connectivity index (χ2n) is 16.9. The summed E-state index contributed by atoms with van der Waals surface area (Å²) in [6, 6.07) is -0.937. The van der Waals surface area contributed by atoms with E-state index in [0.717, 1.165) is 83.5 Å². The average molecular weight is 956 g/mol. The largest absolute Gasteiger partial charge is 0.394 e. The Bertz CT molecular complexity index is 1600. The lowest BCUT2D eigenvalue weighted by Crippen LogP contribution is -2.65. The molecule has 68 heavy (non-hydrogen) atoms. The number of hydrogen-bond acceptors (Lipinski definition) is 13. The maximum atomic E-state index is 13.0. The van der Waals surface area contributed by atoms with Crippen LogP contribution in [0.4, 0.5) is 0 Å². The minimum Gasteiger partial charge on any atom is -0.394 e. The maximum absolute atomic E-state index is 13.0. The van der Waals surface area contributed by atoms with Gasteiger partial charge in [0.15, 0.2) is 12.6 Å². The molecule has 12 atom stereocenters. The summed E-state index contributed by atoms with van der Waals surface area (Å²) in [6.07, 6.45) is 39.4. The van der Waals surface area contributed by atoms with E-state index in [0.29, 0.717) is 12.8 Å². The van der Waals surface area contributed by atoms with Gasteiger partial charge in [-0.05, 0) is 83.5 Å². The number of unbranched alkanes of at least 4 members (excludes halogenated alkanes) is 4. The molecule has 0 aliphatic carbocycles. The number of rotatable bonds is 35. The Morgan fingerprint density at radius 3 is 1.50 bits per heavy atom. The Hall–Kier alpha value is -3.61. The molecule has 2 saturated heterocycles. The smallest absolute Gasteiger partial charge is 0.220 e. The molecule has 2 aliphatic rings. The van der Waals surface area contributed by atoms with Crippen molar-refractivity contribution in [2.45, 2.75) is 190 Å². The van der Waals surface area contributed by atoms with Crippen molar-refractivity contribution in [2.24, 2.45) is 0 Å². The van der Waals surface area contributed by atoms with Gasteiger partial charge < -0.3 is 65.1 Å². The molecule has 2 fully saturated rings. The molecule has 0 radical (unpaired) electrons. The standard InChI is InChI=1S/C54H85NO13/c1-3-5-7-8-9-10-11-12-13-14-15-16-17-18-19-20-21-22-23-24-25-26-27-28-29-30-31-32-33-34-36-38-46(59)55-42(43(58)37-35-6-4-2)41-65-53-51(64)49(62)52(45(40-57)67-53)68-54-50(63)48(61)47(60)44(39-56)66-54/h5,7,9-10,12-13,15-16,18-19,21-22,24-25,27-28,30-31,35,37,42-45,47-54,56-58,60-64H,3-4,6,8,11,14,17,20,23,26,29,32-34,36,38-41H2,1-2H3,(H,55,59)/b7-5-,10-9-,13-12-,16-15-,19-18-,22-21-,25-24-,28-27-,31-30-,37-35+. The van der Waals surface area contributed by atoms with Gasteiger partial charge in [-0.3, -0.25) is 4.79 Å². The SMILES string of the molecule is CC/C=C\C/C=C\C/C=C\C/C=C\C/C=C\C/C=C\C/C=C\C/C=C\C/C=C\CCCCCC(=O)NC(COC1OC(CO)C(OC2OC(CO)C(O)C(O)C2O)C(O)C1O)C(O)/C=C/CCC. The summed E-state index contributed by atoms with van der Waals surface area (Å²) in [6.45, 7) is 2.37. The summed E-state index contributed by atoms with van der Waals surface area (Å²) in [5.41, 5.74) is 0. The van der Waals surface area contributed by atoms with E-state index in [2.05, 4.69) is 122 Å². The number of aliphatic hydroxyl groups is 8. The molecule has 2 aliphatic heterocycles. The van der Waals surface area contributed by atoms with Crippen molar-refractivity contribution in [3.63, 3.8) is 0 Å². The zero-order chi connectivity index (χ0) is 49.6. The molecule has 2 rings (SSSR count). The summed E-state index contributed by atoms with van der Waals surface area (Å²) in [5, 5.41) is 85.8. The number of allylic oxidation sites excluding steroid dienone is 19. The van der Waals surface area contributed by atoms with Gasteiger partial charge >= 0.3 is 0 Å². The molecule has 9 N–H and O–H groups in total. The molecule has 0 aromatic heterocycles. The van der Waals surface area contributed by atoms with Gasteiger partial charge in [0, 0.05) is 6.42 Å². The Labute approximate surface area is 406 Å². The quantitative estimate of drug-likeness (QED) is 0.0251. The fourth-order valence-electron chi connectivity index (χ4n) is 7.11. The van der Waals surface area contributed by atoms with E-state index in [1.807, 2.05) is 6.92 Å². The first-order valence-electron chi connectivity index (χ1n) is 24.8. The highest BCUT2D eigenvalue weighted by Crippen LogP contribution is 2.30. The molecule has 1 amide bonds. The topological polar surface area (TPSA) is 228 Å². The highest BCUT2D eigenvalue weighted by molar-refractivity contribution is 5.76.